The maximum atomic E-state index is 11.5. The third kappa shape index (κ3) is 4.35. The van der Waals surface area contributed by atoms with Crippen molar-refractivity contribution in [2.45, 2.75) is 32.7 Å². The quantitative estimate of drug-likeness (QED) is 0.762. The summed E-state index contributed by atoms with van der Waals surface area (Å²) in [6, 6.07) is 6.64. The fraction of sp³-hybridized carbons (Fsp3) is 0.467. The fourth-order valence-corrected chi connectivity index (χ4v) is 2.15. The number of carboxylic acids is 2. The van der Waals surface area contributed by atoms with Crippen LogP contribution in [0.15, 0.2) is 24.3 Å². The lowest BCUT2D eigenvalue weighted by Crippen LogP contribution is -2.35. The minimum Gasteiger partial charge on any atom is -0.481 e. The Balaban J connectivity index is 2.95. The SMILES string of the molecule is CCc1ccc(C(C(=O)O)N(CC)CCC(=O)O)cc1. The van der Waals surface area contributed by atoms with E-state index in [-0.39, 0.29) is 13.0 Å². The molecule has 1 atom stereocenters. The van der Waals surface area contributed by atoms with E-state index in [4.69, 9.17) is 5.11 Å². The lowest BCUT2D eigenvalue weighted by Gasteiger charge is -2.27. The van der Waals surface area contributed by atoms with Gasteiger partial charge in [0, 0.05) is 6.54 Å². The van der Waals surface area contributed by atoms with E-state index >= 15 is 0 Å². The Morgan fingerprint density at radius 1 is 1.15 bits per heavy atom. The Bertz CT molecular complexity index is 455. The van der Waals surface area contributed by atoms with Crippen molar-refractivity contribution in [3.8, 4) is 0 Å². The van der Waals surface area contributed by atoms with Crippen LogP contribution < -0.4 is 0 Å². The summed E-state index contributed by atoms with van der Waals surface area (Å²) in [5, 5.41) is 18.2. The van der Waals surface area contributed by atoms with Crippen LogP contribution in [0.25, 0.3) is 0 Å². The van der Waals surface area contributed by atoms with Gasteiger partial charge in [-0.3, -0.25) is 14.5 Å². The van der Waals surface area contributed by atoms with Crippen LogP contribution in [-0.2, 0) is 16.0 Å². The molecule has 0 radical (unpaired) electrons. The molecule has 0 bridgehead atoms. The molecule has 0 aliphatic heterocycles. The van der Waals surface area contributed by atoms with E-state index in [0.717, 1.165) is 12.0 Å². The number of carboxylic acid groups (broad SMARTS) is 2. The highest BCUT2D eigenvalue weighted by molar-refractivity contribution is 5.75. The summed E-state index contributed by atoms with van der Waals surface area (Å²) < 4.78 is 0. The van der Waals surface area contributed by atoms with Crippen molar-refractivity contribution in [3.05, 3.63) is 35.4 Å². The van der Waals surface area contributed by atoms with Crippen molar-refractivity contribution in [1.82, 2.24) is 4.90 Å². The first-order chi connectivity index (χ1) is 9.49. The Morgan fingerprint density at radius 2 is 1.75 bits per heavy atom. The van der Waals surface area contributed by atoms with Gasteiger partial charge in [0.1, 0.15) is 6.04 Å². The number of nitrogens with zero attached hydrogens (tertiary/aromatic N) is 1. The zero-order valence-corrected chi connectivity index (χ0v) is 11.9. The van der Waals surface area contributed by atoms with E-state index in [1.807, 2.05) is 26.0 Å². The number of aliphatic carboxylic acids is 2. The minimum atomic E-state index is -0.957. The molecule has 0 fully saturated rings. The first kappa shape index (κ1) is 16.2. The maximum Gasteiger partial charge on any atom is 0.325 e. The van der Waals surface area contributed by atoms with Crippen molar-refractivity contribution in [2.24, 2.45) is 0 Å². The summed E-state index contributed by atoms with van der Waals surface area (Å²) in [4.78, 5) is 23.8. The Labute approximate surface area is 118 Å². The molecular formula is C15H21NO4. The zero-order valence-electron chi connectivity index (χ0n) is 11.9. The van der Waals surface area contributed by atoms with E-state index < -0.39 is 18.0 Å². The highest BCUT2D eigenvalue weighted by Crippen LogP contribution is 2.22. The summed E-state index contributed by atoms with van der Waals surface area (Å²) in [5.74, 6) is -1.88. The molecule has 1 aromatic carbocycles. The molecule has 5 heteroatoms. The first-order valence-corrected chi connectivity index (χ1v) is 6.77. The van der Waals surface area contributed by atoms with Crippen molar-refractivity contribution >= 4 is 11.9 Å². The number of rotatable bonds is 8. The molecule has 0 aliphatic carbocycles. The number of carbonyl (C=O) groups is 2. The first-order valence-electron chi connectivity index (χ1n) is 6.77. The van der Waals surface area contributed by atoms with Crippen molar-refractivity contribution < 1.29 is 19.8 Å². The van der Waals surface area contributed by atoms with Gasteiger partial charge >= 0.3 is 11.9 Å². The van der Waals surface area contributed by atoms with Crippen molar-refractivity contribution in [2.75, 3.05) is 13.1 Å². The van der Waals surface area contributed by atoms with Gasteiger partial charge in [0.15, 0.2) is 0 Å². The molecule has 0 aromatic heterocycles. The zero-order chi connectivity index (χ0) is 15.1. The number of hydrogen-bond acceptors (Lipinski definition) is 3. The van der Waals surface area contributed by atoms with Crippen LogP contribution in [0.4, 0.5) is 0 Å². The van der Waals surface area contributed by atoms with Gasteiger partial charge in [0.2, 0.25) is 0 Å². The van der Waals surface area contributed by atoms with Gasteiger partial charge in [0.05, 0.1) is 6.42 Å². The van der Waals surface area contributed by atoms with E-state index in [1.54, 1.807) is 17.0 Å². The van der Waals surface area contributed by atoms with Gasteiger partial charge < -0.3 is 10.2 Å². The summed E-state index contributed by atoms with van der Waals surface area (Å²) in [6.45, 7) is 4.57. The van der Waals surface area contributed by atoms with Gasteiger partial charge in [-0.1, -0.05) is 38.1 Å². The summed E-state index contributed by atoms with van der Waals surface area (Å²) in [7, 11) is 0. The van der Waals surface area contributed by atoms with E-state index in [2.05, 4.69) is 0 Å². The number of hydrogen-bond donors (Lipinski definition) is 2. The van der Waals surface area contributed by atoms with Crippen LogP contribution >= 0.6 is 0 Å². The van der Waals surface area contributed by atoms with E-state index in [9.17, 15) is 14.7 Å². The van der Waals surface area contributed by atoms with Crippen molar-refractivity contribution in [1.29, 1.82) is 0 Å². The molecule has 20 heavy (non-hydrogen) atoms. The van der Waals surface area contributed by atoms with Crippen LogP contribution in [0, 0.1) is 0 Å². The van der Waals surface area contributed by atoms with Gasteiger partial charge in [-0.25, -0.2) is 0 Å². The highest BCUT2D eigenvalue weighted by atomic mass is 16.4. The Morgan fingerprint density at radius 3 is 2.15 bits per heavy atom. The molecule has 0 saturated carbocycles. The average molecular weight is 279 g/mol. The molecule has 0 saturated heterocycles. The summed E-state index contributed by atoms with van der Waals surface area (Å²) in [5.41, 5.74) is 1.83. The van der Waals surface area contributed by atoms with Gasteiger partial charge in [0.25, 0.3) is 0 Å². The van der Waals surface area contributed by atoms with E-state index in [1.165, 1.54) is 0 Å². The molecule has 0 heterocycles. The van der Waals surface area contributed by atoms with Gasteiger partial charge in [-0.05, 0) is 24.1 Å². The Hall–Kier alpha value is -1.88. The third-order valence-electron chi connectivity index (χ3n) is 3.32. The normalized spacial score (nSPS) is 12.3. The molecule has 110 valence electrons. The topological polar surface area (TPSA) is 77.8 Å². The lowest BCUT2D eigenvalue weighted by atomic mass is 10.0. The second-order valence-electron chi connectivity index (χ2n) is 4.61. The second kappa shape index (κ2) is 7.65. The fourth-order valence-electron chi connectivity index (χ4n) is 2.15. The van der Waals surface area contributed by atoms with Crippen LogP contribution in [-0.4, -0.2) is 40.1 Å². The van der Waals surface area contributed by atoms with Crippen molar-refractivity contribution in [3.63, 3.8) is 0 Å². The molecule has 0 spiro atoms. The van der Waals surface area contributed by atoms with Gasteiger partial charge in [-0.15, -0.1) is 0 Å². The predicted octanol–water partition coefficient (Wildman–Crippen LogP) is 2.17. The van der Waals surface area contributed by atoms with Gasteiger partial charge in [-0.2, -0.15) is 0 Å². The number of aryl methyl sites for hydroxylation is 1. The second-order valence-corrected chi connectivity index (χ2v) is 4.61. The largest absolute Gasteiger partial charge is 0.481 e. The smallest absolute Gasteiger partial charge is 0.325 e. The molecule has 0 amide bonds. The number of benzene rings is 1. The highest BCUT2D eigenvalue weighted by Gasteiger charge is 2.26. The van der Waals surface area contributed by atoms with E-state index in [0.29, 0.717) is 12.1 Å². The predicted molar refractivity (Wildman–Crippen MR) is 75.7 cm³/mol. The van der Waals surface area contributed by atoms with Crippen LogP contribution in [0.2, 0.25) is 0 Å². The molecule has 1 rings (SSSR count). The molecular weight excluding hydrogens is 258 g/mol. The van der Waals surface area contributed by atoms with Crippen LogP contribution in [0.1, 0.15) is 37.4 Å². The third-order valence-corrected chi connectivity index (χ3v) is 3.32. The monoisotopic (exact) mass is 279 g/mol. The summed E-state index contributed by atoms with van der Waals surface area (Å²) in [6.07, 6.45) is 0.833. The standard InChI is InChI=1S/C15H21NO4/c1-3-11-5-7-12(8-6-11)14(15(19)20)16(4-2)10-9-13(17)18/h5-8,14H,3-4,9-10H2,1-2H3,(H,17,18)(H,19,20). The molecule has 1 aromatic rings. The minimum absolute atomic E-state index is 0.0648. The molecule has 0 aliphatic rings. The van der Waals surface area contributed by atoms with Crippen LogP contribution in [0.5, 0.6) is 0 Å². The molecule has 2 N–H and O–H groups in total. The average Bonchev–Trinajstić information content (AvgIpc) is 2.43. The molecule has 1 unspecified atom stereocenters. The molecule has 5 nitrogen and oxygen atoms in total. The maximum absolute atomic E-state index is 11.5. The Kier molecular flexibility index (Phi) is 6.18. The van der Waals surface area contributed by atoms with Crippen LogP contribution in [0.3, 0.4) is 0 Å². The summed E-state index contributed by atoms with van der Waals surface area (Å²) >= 11 is 0. The lowest BCUT2D eigenvalue weighted by molar-refractivity contribution is -0.145. The number of likely N-dealkylation sites (N-methyl/N-ethyl adjacent to an activating group) is 1.